The zero-order valence-electron chi connectivity index (χ0n) is 10.6. The Hall–Kier alpha value is -1.71. The second kappa shape index (κ2) is 5.11. The van der Waals surface area contributed by atoms with Crippen LogP contribution in [0.15, 0.2) is 23.1 Å². The van der Waals surface area contributed by atoms with E-state index in [9.17, 15) is 10.1 Å². The highest BCUT2D eigenvalue weighted by Crippen LogP contribution is 2.32. The first-order chi connectivity index (χ1) is 9.01. The van der Waals surface area contributed by atoms with Crippen molar-refractivity contribution < 1.29 is 9.90 Å². The Morgan fingerprint density at radius 2 is 2.37 bits per heavy atom. The van der Waals surface area contributed by atoms with Crippen LogP contribution in [0.3, 0.4) is 0 Å². The molecule has 19 heavy (non-hydrogen) atoms. The van der Waals surface area contributed by atoms with Crippen LogP contribution in [-0.4, -0.2) is 36.0 Å². The van der Waals surface area contributed by atoms with Crippen LogP contribution < -0.4 is 10.6 Å². The van der Waals surface area contributed by atoms with Crippen LogP contribution in [0.1, 0.15) is 12.0 Å². The summed E-state index contributed by atoms with van der Waals surface area (Å²) in [5.74, 6) is -0.991. The normalized spacial score (nSPS) is 22.3. The van der Waals surface area contributed by atoms with Crippen LogP contribution in [-0.2, 0) is 4.79 Å². The summed E-state index contributed by atoms with van der Waals surface area (Å²) in [5.41, 5.74) is 6.00. The number of carboxylic acids is 1. The first kappa shape index (κ1) is 13.7. The minimum atomic E-state index is -1.22. The quantitative estimate of drug-likeness (QED) is 0.809. The van der Waals surface area contributed by atoms with Gasteiger partial charge in [0.15, 0.2) is 0 Å². The summed E-state index contributed by atoms with van der Waals surface area (Å²) in [7, 11) is 0. The lowest BCUT2D eigenvalue weighted by atomic mass is 10.0. The number of thioether (sulfide) groups is 1. The molecule has 5 nitrogen and oxygen atoms in total. The van der Waals surface area contributed by atoms with Gasteiger partial charge in [-0.05, 0) is 24.8 Å². The van der Waals surface area contributed by atoms with Crippen molar-refractivity contribution in [2.75, 3.05) is 24.2 Å². The lowest BCUT2D eigenvalue weighted by molar-refractivity contribution is -0.142. The fourth-order valence-electron chi connectivity index (χ4n) is 2.28. The zero-order chi connectivity index (χ0) is 14.0. The van der Waals surface area contributed by atoms with Crippen LogP contribution in [0.5, 0.6) is 0 Å². The van der Waals surface area contributed by atoms with Gasteiger partial charge >= 0.3 is 5.97 Å². The van der Waals surface area contributed by atoms with Gasteiger partial charge in [0.25, 0.3) is 0 Å². The Balaban J connectivity index is 2.35. The summed E-state index contributed by atoms with van der Waals surface area (Å²) in [6.07, 6.45) is 2.30. The van der Waals surface area contributed by atoms with Gasteiger partial charge in [0, 0.05) is 18.0 Å². The molecule has 0 radical (unpaired) electrons. The Morgan fingerprint density at radius 1 is 1.63 bits per heavy atom. The van der Waals surface area contributed by atoms with E-state index in [2.05, 4.69) is 6.07 Å². The Bertz CT molecular complexity index is 555. The fourth-order valence-corrected chi connectivity index (χ4v) is 2.85. The number of carbonyl (C=O) groups is 1. The van der Waals surface area contributed by atoms with Gasteiger partial charge in [-0.2, -0.15) is 5.26 Å². The van der Waals surface area contributed by atoms with E-state index in [0.29, 0.717) is 18.5 Å². The van der Waals surface area contributed by atoms with Crippen molar-refractivity contribution >= 4 is 23.4 Å². The highest BCUT2D eigenvalue weighted by molar-refractivity contribution is 7.98. The molecule has 1 unspecified atom stereocenters. The van der Waals surface area contributed by atoms with Crippen LogP contribution in [0, 0.1) is 11.3 Å². The highest BCUT2D eigenvalue weighted by atomic mass is 32.2. The van der Waals surface area contributed by atoms with E-state index < -0.39 is 11.5 Å². The van der Waals surface area contributed by atoms with Gasteiger partial charge in [-0.1, -0.05) is 6.07 Å². The van der Waals surface area contributed by atoms with Crippen molar-refractivity contribution in [3.63, 3.8) is 0 Å². The summed E-state index contributed by atoms with van der Waals surface area (Å²) >= 11 is 1.50. The molecule has 1 aromatic carbocycles. The predicted molar refractivity (Wildman–Crippen MR) is 74.3 cm³/mol. The van der Waals surface area contributed by atoms with Crippen molar-refractivity contribution in [1.82, 2.24) is 0 Å². The number of aliphatic carboxylic acids is 1. The van der Waals surface area contributed by atoms with E-state index in [1.54, 1.807) is 0 Å². The molecule has 6 heteroatoms. The van der Waals surface area contributed by atoms with Gasteiger partial charge in [-0.15, -0.1) is 11.8 Å². The van der Waals surface area contributed by atoms with E-state index >= 15 is 0 Å². The standard InChI is InChI=1S/C13H15N3O2S/c1-19-11-4-2-3-10(9(11)7-14)16-6-5-13(15,8-16)12(17)18/h2-4H,5-6,8,15H2,1H3,(H,17,18). The topological polar surface area (TPSA) is 90.3 Å². The summed E-state index contributed by atoms with van der Waals surface area (Å²) in [5, 5.41) is 18.4. The SMILES string of the molecule is CSc1cccc(N2CCC(N)(C(=O)O)C2)c1C#N. The predicted octanol–water partition coefficient (Wildman–Crippen LogP) is 1.27. The molecule has 2 rings (SSSR count). The average molecular weight is 277 g/mol. The summed E-state index contributed by atoms with van der Waals surface area (Å²) in [6.45, 7) is 0.782. The summed E-state index contributed by atoms with van der Waals surface area (Å²) in [6, 6.07) is 7.80. The Labute approximate surface area is 116 Å². The molecule has 0 bridgehead atoms. The largest absolute Gasteiger partial charge is 0.480 e. The highest BCUT2D eigenvalue weighted by Gasteiger charge is 2.41. The molecule has 0 aliphatic carbocycles. The maximum Gasteiger partial charge on any atom is 0.325 e. The monoisotopic (exact) mass is 277 g/mol. The van der Waals surface area contributed by atoms with Gasteiger partial charge in [0.1, 0.15) is 11.6 Å². The Morgan fingerprint density at radius 3 is 2.89 bits per heavy atom. The van der Waals surface area contributed by atoms with E-state index in [0.717, 1.165) is 10.6 Å². The number of anilines is 1. The van der Waals surface area contributed by atoms with Crippen molar-refractivity contribution in [3.05, 3.63) is 23.8 Å². The second-order valence-corrected chi connectivity index (χ2v) is 5.45. The van der Waals surface area contributed by atoms with E-state index in [4.69, 9.17) is 10.8 Å². The van der Waals surface area contributed by atoms with E-state index in [1.807, 2.05) is 29.4 Å². The Kier molecular flexibility index (Phi) is 3.69. The molecule has 1 aliphatic rings. The lowest BCUT2D eigenvalue weighted by Crippen LogP contribution is -2.50. The van der Waals surface area contributed by atoms with Crippen LogP contribution >= 0.6 is 11.8 Å². The molecule has 100 valence electrons. The third kappa shape index (κ3) is 2.39. The molecular weight excluding hydrogens is 262 g/mol. The van der Waals surface area contributed by atoms with E-state index in [1.165, 1.54) is 11.8 Å². The van der Waals surface area contributed by atoms with Gasteiger partial charge in [0.2, 0.25) is 0 Å². The van der Waals surface area contributed by atoms with Crippen molar-refractivity contribution in [2.45, 2.75) is 16.9 Å². The van der Waals surface area contributed by atoms with Crippen molar-refractivity contribution in [3.8, 4) is 6.07 Å². The molecule has 1 fully saturated rings. The van der Waals surface area contributed by atoms with Gasteiger partial charge in [0.05, 0.1) is 11.3 Å². The average Bonchev–Trinajstić information content (AvgIpc) is 2.81. The molecule has 3 N–H and O–H groups in total. The summed E-state index contributed by atoms with van der Waals surface area (Å²) in [4.78, 5) is 13.9. The molecular formula is C13H15N3O2S. The number of nitriles is 1. The molecule has 1 heterocycles. The van der Waals surface area contributed by atoms with Gasteiger partial charge in [-0.25, -0.2) is 0 Å². The minimum absolute atomic E-state index is 0.231. The smallest absolute Gasteiger partial charge is 0.325 e. The zero-order valence-corrected chi connectivity index (χ0v) is 11.4. The molecule has 0 aromatic heterocycles. The molecule has 1 saturated heterocycles. The second-order valence-electron chi connectivity index (χ2n) is 4.60. The van der Waals surface area contributed by atoms with Gasteiger partial charge in [-0.3, -0.25) is 4.79 Å². The fraction of sp³-hybridized carbons (Fsp3) is 0.385. The molecule has 1 atom stereocenters. The number of carboxylic acid groups (broad SMARTS) is 1. The van der Waals surface area contributed by atoms with Crippen molar-refractivity contribution in [2.24, 2.45) is 5.73 Å². The van der Waals surface area contributed by atoms with Crippen LogP contribution in [0.25, 0.3) is 0 Å². The summed E-state index contributed by atoms with van der Waals surface area (Å²) < 4.78 is 0. The maximum absolute atomic E-state index is 11.2. The number of hydrogen-bond donors (Lipinski definition) is 2. The third-order valence-electron chi connectivity index (χ3n) is 3.40. The molecule has 0 saturated carbocycles. The van der Waals surface area contributed by atoms with Crippen LogP contribution in [0.4, 0.5) is 5.69 Å². The van der Waals surface area contributed by atoms with E-state index in [-0.39, 0.29) is 6.54 Å². The lowest BCUT2D eigenvalue weighted by Gasteiger charge is -2.23. The number of nitrogens with zero attached hydrogens (tertiary/aromatic N) is 2. The molecule has 1 aliphatic heterocycles. The maximum atomic E-state index is 11.2. The third-order valence-corrected chi connectivity index (χ3v) is 4.18. The number of hydrogen-bond acceptors (Lipinski definition) is 5. The molecule has 0 amide bonds. The number of benzene rings is 1. The number of nitrogens with two attached hydrogens (primary N) is 1. The van der Waals surface area contributed by atoms with Crippen LogP contribution in [0.2, 0.25) is 0 Å². The number of rotatable bonds is 3. The van der Waals surface area contributed by atoms with Gasteiger partial charge < -0.3 is 15.7 Å². The first-order valence-electron chi connectivity index (χ1n) is 5.86. The minimum Gasteiger partial charge on any atom is -0.480 e. The first-order valence-corrected chi connectivity index (χ1v) is 7.08. The molecule has 0 spiro atoms. The van der Waals surface area contributed by atoms with Crippen molar-refractivity contribution in [1.29, 1.82) is 5.26 Å². The molecule has 1 aromatic rings.